The van der Waals surface area contributed by atoms with E-state index in [9.17, 15) is 9.59 Å². The topological polar surface area (TPSA) is 52.6 Å². The summed E-state index contributed by atoms with van der Waals surface area (Å²) in [5.74, 6) is 0.209. The van der Waals surface area contributed by atoms with Crippen molar-refractivity contribution in [3.8, 4) is 11.5 Å². The zero-order valence-electron chi connectivity index (χ0n) is 14.8. The summed E-state index contributed by atoms with van der Waals surface area (Å²) in [4.78, 5) is 24.3. The lowest BCUT2D eigenvalue weighted by Crippen LogP contribution is -2.17. The van der Waals surface area contributed by atoms with Gasteiger partial charge in [-0.15, -0.1) is 11.6 Å². The van der Waals surface area contributed by atoms with Crippen molar-refractivity contribution in [3.05, 3.63) is 64.4 Å². The average Bonchev–Trinajstić information content (AvgIpc) is 2.91. The van der Waals surface area contributed by atoms with Crippen LogP contribution in [-0.4, -0.2) is 17.1 Å². The van der Waals surface area contributed by atoms with Gasteiger partial charge in [-0.1, -0.05) is 31.2 Å². The molecule has 26 heavy (non-hydrogen) atoms. The molecule has 134 valence electrons. The highest BCUT2D eigenvalue weighted by Crippen LogP contribution is 2.37. The first-order chi connectivity index (χ1) is 12.4. The lowest BCUT2D eigenvalue weighted by molar-refractivity contribution is -0.133. The Bertz CT molecular complexity index is 895. The predicted molar refractivity (Wildman–Crippen MR) is 101 cm³/mol. The number of ether oxygens (including phenoxy) is 2. The number of ketones is 1. The number of carbonyl (C=O) groups is 2. The molecule has 1 aliphatic rings. The van der Waals surface area contributed by atoms with Crippen LogP contribution in [0.5, 0.6) is 11.5 Å². The third kappa shape index (κ3) is 3.65. The molecule has 1 heterocycles. The fraction of sp³-hybridized carbons (Fsp3) is 0.238. The first-order valence-corrected chi connectivity index (χ1v) is 8.86. The van der Waals surface area contributed by atoms with Crippen LogP contribution in [-0.2, 0) is 11.2 Å². The van der Waals surface area contributed by atoms with Gasteiger partial charge in [0.25, 0.3) is 0 Å². The number of esters is 1. The van der Waals surface area contributed by atoms with E-state index in [0.717, 1.165) is 12.0 Å². The highest BCUT2D eigenvalue weighted by molar-refractivity contribution is 6.29. The van der Waals surface area contributed by atoms with Crippen molar-refractivity contribution in [2.75, 3.05) is 0 Å². The second-order valence-corrected chi connectivity index (χ2v) is 6.84. The molecule has 4 nitrogen and oxygen atoms in total. The molecular weight excluding hydrogens is 352 g/mol. The van der Waals surface area contributed by atoms with Gasteiger partial charge in [0.1, 0.15) is 16.9 Å². The Morgan fingerprint density at radius 2 is 1.96 bits per heavy atom. The van der Waals surface area contributed by atoms with E-state index in [2.05, 4.69) is 6.92 Å². The van der Waals surface area contributed by atoms with Gasteiger partial charge >= 0.3 is 5.97 Å². The number of fused-ring (bicyclic) bond motifs is 1. The van der Waals surface area contributed by atoms with Crippen LogP contribution in [0.4, 0.5) is 0 Å². The van der Waals surface area contributed by atoms with E-state index in [1.54, 1.807) is 25.1 Å². The molecule has 0 aromatic heterocycles. The Hall–Kier alpha value is -2.59. The maximum atomic E-state index is 12.7. The molecule has 0 N–H and O–H groups in total. The van der Waals surface area contributed by atoms with Gasteiger partial charge in [0.2, 0.25) is 5.78 Å². The van der Waals surface area contributed by atoms with Gasteiger partial charge in [-0.2, -0.15) is 0 Å². The van der Waals surface area contributed by atoms with Crippen LogP contribution in [0.1, 0.15) is 40.9 Å². The molecule has 0 bridgehead atoms. The van der Waals surface area contributed by atoms with Crippen LogP contribution in [0.2, 0.25) is 0 Å². The molecule has 1 unspecified atom stereocenters. The normalized spacial score (nSPS) is 15.5. The number of allylic oxidation sites excluding steroid dienone is 1. The quantitative estimate of drug-likeness (QED) is 0.338. The molecule has 0 radical (unpaired) electrons. The SMILES string of the molecule is CCc1ccc(/C=C2\Oc3cc(OC(=O)C(C)Cl)cc(C)c3C2=O)cc1. The summed E-state index contributed by atoms with van der Waals surface area (Å²) in [6, 6.07) is 11.1. The highest BCUT2D eigenvalue weighted by atomic mass is 35.5. The molecule has 2 aromatic carbocycles. The number of halogens is 1. The van der Waals surface area contributed by atoms with Crippen LogP contribution < -0.4 is 9.47 Å². The average molecular weight is 371 g/mol. The smallest absolute Gasteiger partial charge is 0.329 e. The van der Waals surface area contributed by atoms with Crippen LogP contribution >= 0.6 is 11.6 Å². The first-order valence-electron chi connectivity index (χ1n) is 8.42. The van der Waals surface area contributed by atoms with Crippen molar-refractivity contribution >= 4 is 29.4 Å². The molecule has 0 fully saturated rings. The van der Waals surface area contributed by atoms with Crippen molar-refractivity contribution in [1.29, 1.82) is 0 Å². The maximum Gasteiger partial charge on any atom is 0.329 e. The minimum Gasteiger partial charge on any atom is -0.452 e. The second kappa shape index (κ2) is 7.34. The summed E-state index contributed by atoms with van der Waals surface area (Å²) in [6.45, 7) is 5.40. The van der Waals surface area contributed by atoms with E-state index in [0.29, 0.717) is 22.6 Å². The van der Waals surface area contributed by atoms with E-state index in [4.69, 9.17) is 21.1 Å². The number of benzene rings is 2. The van der Waals surface area contributed by atoms with Gasteiger partial charge in [0.15, 0.2) is 5.76 Å². The molecule has 0 aliphatic carbocycles. The largest absolute Gasteiger partial charge is 0.452 e. The molecule has 3 rings (SSSR count). The zero-order chi connectivity index (χ0) is 18.8. The second-order valence-electron chi connectivity index (χ2n) is 6.19. The van der Waals surface area contributed by atoms with Crippen LogP contribution in [0, 0.1) is 6.92 Å². The molecule has 0 saturated carbocycles. The molecular formula is C21H19ClO4. The third-order valence-corrected chi connectivity index (χ3v) is 4.35. The van der Waals surface area contributed by atoms with Crippen molar-refractivity contribution in [2.24, 2.45) is 0 Å². The summed E-state index contributed by atoms with van der Waals surface area (Å²) in [6.07, 6.45) is 2.67. The summed E-state index contributed by atoms with van der Waals surface area (Å²) in [5.41, 5.74) is 3.28. The Morgan fingerprint density at radius 3 is 2.58 bits per heavy atom. The monoisotopic (exact) mass is 370 g/mol. The lowest BCUT2D eigenvalue weighted by atomic mass is 10.0. The summed E-state index contributed by atoms with van der Waals surface area (Å²) in [5, 5.41) is -0.757. The fourth-order valence-electron chi connectivity index (χ4n) is 2.73. The van der Waals surface area contributed by atoms with Crippen LogP contribution in [0.15, 0.2) is 42.2 Å². The van der Waals surface area contributed by atoms with Gasteiger partial charge in [0, 0.05) is 6.07 Å². The van der Waals surface area contributed by atoms with E-state index in [1.807, 2.05) is 24.3 Å². The lowest BCUT2D eigenvalue weighted by Gasteiger charge is -2.08. The number of Topliss-reactive ketones (excluding diaryl/α,β-unsaturated/α-hetero) is 1. The fourth-order valence-corrected chi connectivity index (χ4v) is 2.78. The minimum atomic E-state index is -0.757. The van der Waals surface area contributed by atoms with E-state index >= 15 is 0 Å². The van der Waals surface area contributed by atoms with Gasteiger partial charge < -0.3 is 9.47 Å². The number of alkyl halides is 1. The van der Waals surface area contributed by atoms with Crippen LogP contribution in [0.25, 0.3) is 6.08 Å². The summed E-state index contributed by atoms with van der Waals surface area (Å²) < 4.78 is 10.9. The Morgan fingerprint density at radius 1 is 1.27 bits per heavy atom. The van der Waals surface area contributed by atoms with E-state index in [1.165, 1.54) is 12.5 Å². The highest BCUT2D eigenvalue weighted by Gasteiger charge is 2.30. The number of carbonyl (C=O) groups excluding carboxylic acids is 2. The van der Waals surface area contributed by atoms with E-state index < -0.39 is 11.3 Å². The molecule has 5 heteroatoms. The summed E-state index contributed by atoms with van der Waals surface area (Å²) in [7, 11) is 0. The van der Waals surface area contributed by atoms with Gasteiger partial charge in [-0.25, -0.2) is 0 Å². The Kier molecular flexibility index (Phi) is 5.14. The first kappa shape index (κ1) is 18.2. The number of hydrogen-bond donors (Lipinski definition) is 0. The molecule has 0 spiro atoms. The number of rotatable bonds is 4. The molecule has 1 atom stereocenters. The molecule has 0 amide bonds. The minimum absolute atomic E-state index is 0.180. The molecule has 0 saturated heterocycles. The van der Waals surface area contributed by atoms with Gasteiger partial charge in [-0.3, -0.25) is 9.59 Å². The number of aryl methyl sites for hydroxylation is 2. The molecule has 2 aromatic rings. The predicted octanol–water partition coefficient (Wildman–Crippen LogP) is 4.71. The van der Waals surface area contributed by atoms with Crippen molar-refractivity contribution in [3.63, 3.8) is 0 Å². The van der Waals surface area contributed by atoms with Crippen LogP contribution in [0.3, 0.4) is 0 Å². The van der Waals surface area contributed by atoms with Crippen molar-refractivity contribution in [2.45, 2.75) is 32.6 Å². The van der Waals surface area contributed by atoms with Crippen molar-refractivity contribution in [1.82, 2.24) is 0 Å². The number of hydrogen-bond acceptors (Lipinski definition) is 4. The van der Waals surface area contributed by atoms with E-state index in [-0.39, 0.29) is 11.5 Å². The van der Waals surface area contributed by atoms with Gasteiger partial charge in [0.05, 0.1) is 5.56 Å². The van der Waals surface area contributed by atoms with Crippen molar-refractivity contribution < 1.29 is 19.1 Å². The zero-order valence-corrected chi connectivity index (χ0v) is 15.6. The molecule has 1 aliphatic heterocycles. The van der Waals surface area contributed by atoms with Gasteiger partial charge in [-0.05, 0) is 49.1 Å². The Labute approximate surface area is 157 Å². The Balaban J connectivity index is 1.89. The third-order valence-electron chi connectivity index (χ3n) is 4.17. The summed E-state index contributed by atoms with van der Waals surface area (Å²) >= 11 is 5.72. The maximum absolute atomic E-state index is 12.7. The standard InChI is InChI=1S/C21H19ClO4/c1-4-14-5-7-15(8-6-14)10-18-20(23)19-12(2)9-16(11-17(19)26-18)25-21(24)13(3)22/h5-11,13H,4H2,1-3H3/b18-10-.